The maximum Gasteiger partial charge on any atom is 0.0629 e. The number of nitrogens with zero attached hydrogens (tertiary/aromatic N) is 3. The fraction of sp³-hybridized carbons (Fsp3) is 0.121. The van der Waals surface area contributed by atoms with E-state index in [1.54, 1.807) is 6.08 Å². The number of benzene rings is 5. The van der Waals surface area contributed by atoms with Crippen LogP contribution >= 0.6 is 0 Å². The SMILES string of the molecule is C=CC=CC(=C)N1C=CCC(C2=CCC(C3=CC4c5cc(C=CC=C(C=C)c6ccc7c(c6)C6C=CC=CC6N7c6ccccc6)ccc5N(c5ccccc5)C4C=C3)C=C2)C=Cc2ccccc21. The minimum absolute atomic E-state index is 0.199. The predicted molar refractivity (Wildman–Crippen MR) is 295 cm³/mol. The van der Waals surface area contributed by atoms with Crippen LogP contribution < -0.4 is 14.7 Å². The zero-order valence-electron chi connectivity index (χ0n) is 39.0. The molecule has 3 nitrogen and oxygen atoms in total. The monoisotopic (exact) mass is 891 g/mol. The van der Waals surface area contributed by atoms with Crippen molar-refractivity contribution in [2.45, 2.75) is 36.8 Å². The van der Waals surface area contributed by atoms with E-state index in [0.717, 1.165) is 29.8 Å². The summed E-state index contributed by atoms with van der Waals surface area (Å²) in [6.45, 7) is 12.5. The van der Waals surface area contributed by atoms with Gasteiger partial charge in [-0.25, -0.2) is 0 Å². The first kappa shape index (κ1) is 43.4. The lowest BCUT2D eigenvalue weighted by molar-refractivity contribution is 0.691. The second kappa shape index (κ2) is 19.2. The number of rotatable bonds is 11. The van der Waals surface area contributed by atoms with E-state index in [9.17, 15) is 0 Å². The van der Waals surface area contributed by atoms with Gasteiger partial charge in [-0.3, -0.25) is 0 Å². The van der Waals surface area contributed by atoms with Crippen LogP contribution in [0.25, 0.3) is 17.7 Å². The Balaban J connectivity index is 0.841. The van der Waals surface area contributed by atoms with Crippen LogP contribution in [-0.2, 0) is 0 Å². The second-order valence-electron chi connectivity index (χ2n) is 18.5. The van der Waals surface area contributed by atoms with Crippen LogP contribution in [0.4, 0.5) is 28.4 Å². The number of anilines is 5. The molecule has 3 aliphatic heterocycles. The van der Waals surface area contributed by atoms with E-state index in [1.165, 1.54) is 61.7 Å². The van der Waals surface area contributed by atoms with E-state index >= 15 is 0 Å². The Labute approximate surface area is 408 Å². The van der Waals surface area contributed by atoms with Crippen LogP contribution in [0.15, 0.2) is 273 Å². The topological polar surface area (TPSA) is 9.72 Å². The predicted octanol–water partition coefficient (Wildman–Crippen LogP) is 16.6. The maximum absolute atomic E-state index is 4.36. The molecule has 6 aliphatic rings. The van der Waals surface area contributed by atoms with Crippen LogP contribution in [0.1, 0.15) is 52.5 Å². The van der Waals surface area contributed by atoms with Crippen LogP contribution in [0.5, 0.6) is 0 Å². The zero-order valence-corrected chi connectivity index (χ0v) is 39.0. The summed E-state index contributed by atoms with van der Waals surface area (Å²) in [5.41, 5.74) is 17.1. The van der Waals surface area contributed by atoms with E-state index in [0.29, 0.717) is 11.8 Å². The van der Waals surface area contributed by atoms with Gasteiger partial charge in [0, 0.05) is 58.3 Å². The summed E-state index contributed by atoms with van der Waals surface area (Å²) < 4.78 is 0. The second-order valence-corrected chi connectivity index (χ2v) is 18.5. The van der Waals surface area contributed by atoms with Crippen molar-refractivity contribution in [2.24, 2.45) is 11.8 Å². The summed E-state index contributed by atoms with van der Waals surface area (Å²) in [6, 6.07) is 44.5. The van der Waals surface area contributed by atoms with E-state index in [1.807, 2.05) is 18.2 Å². The zero-order chi connectivity index (χ0) is 46.7. The molecule has 0 N–H and O–H groups in total. The van der Waals surface area contributed by atoms with Crippen molar-refractivity contribution >= 4 is 46.2 Å². The van der Waals surface area contributed by atoms with E-state index in [4.69, 9.17) is 0 Å². The minimum atomic E-state index is 0.199. The smallest absolute Gasteiger partial charge is 0.0629 e. The Kier molecular flexibility index (Phi) is 12.1. The Morgan fingerprint density at radius 2 is 1.28 bits per heavy atom. The Morgan fingerprint density at radius 1 is 0.594 bits per heavy atom. The molecular weight excluding hydrogens is 835 g/mol. The fourth-order valence-corrected chi connectivity index (χ4v) is 11.1. The normalized spacial score (nSPS) is 23.1. The fourth-order valence-electron chi connectivity index (χ4n) is 11.1. The first-order chi connectivity index (χ1) is 34.1. The molecule has 6 unspecified atom stereocenters. The van der Waals surface area contributed by atoms with Crippen molar-refractivity contribution in [2.75, 3.05) is 14.7 Å². The van der Waals surface area contributed by atoms with Gasteiger partial charge in [0.1, 0.15) is 0 Å². The summed E-state index contributed by atoms with van der Waals surface area (Å²) in [5, 5.41) is 0. The standard InChI is InChI=1S/C66H57N3/c1-4-6-19-47(3)67-43-18-23-50(36-37-53-21-13-15-29-62(53)67)51-32-34-52(35-33-51)55-39-42-66-61(46-55)59-44-48(31-40-64(59)69(66)57-26-11-8-12-27-57)20-17-22-49(5-2)54-38-41-65-60(45-54)58-28-14-16-30-63(58)68(65)56-24-9-7-10-25-56/h4-22,24-34,36-46,50,52,58,61,63,66H,1-3,23,35H2. The lowest BCUT2D eigenvalue weighted by Crippen LogP contribution is -2.29. The summed E-state index contributed by atoms with van der Waals surface area (Å²) in [5.74, 6) is 1.11. The molecule has 336 valence electrons. The van der Waals surface area contributed by atoms with Gasteiger partial charge in [0.05, 0.1) is 17.8 Å². The van der Waals surface area contributed by atoms with Gasteiger partial charge in [0.15, 0.2) is 0 Å². The van der Waals surface area contributed by atoms with Crippen molar-refractivity contribution in [3.05, 3.63) is 301 Å². The molecule has 0 amide bonds. The van der Waals surface area contributed by atoms with Gasteiger partial charge in [-0.05, 0) is 118 Å². The molecule has 0 fully saturated rings. The molecule has 3 heterocycles. The highest BCUT2D eigenvalue weighted by Gasteiger charge is 2.40. The van der Waals surface area contributed by atoms with Crippen molar-refractivity contribution in [1.29, 1.82) is 0 Å². The lowest BCUT2D eigenvalue weighted by atomic mass is 9.80. The van der Waals surface area contributed by atoms with Gasteiger partial charge in [0.25, 0.3) is 0 Å². The molecule has 0 bridgehead atoms. The van der Waals surface area contributed by atoms with Crippen LogP contribution in [-0.4, -0.2) is 12.1 Å². The van der Waals surface area contributed by atoms with Crippen LogP contribution in [0, 0.1) is 11.8 Å². The Hall–Kier alpha value is -8.14. The third kappa shape index (κ3) is 8.47. The summed E-state index contributed by atoms with van der Waals surface area (Å²) in [7, 11) is 0. The maximum atomic E-state index is 4.36. The van der Waals surface area contributed by atoms with Crippen LogP contribution in [0.2, 0.25) is 0 Å². The molecule has 5 aromatic carbocycles. The molecule has 3 aliphatic carbocycles. The molecule has 6 atom stereocenters. The summed E-state index contributed by atoms with van der Waals surface area (Å²) >= 11 is 0. The third-order valence-corrected chi connectivity index (χ3v) is 14.5. The number of hydrogen-bond donors (Lipinski definition) is 0. The van der Waals surface area contributed by atoms with Crippen molar-refractivity contribution in [3.8, 4) is 0 Å². The molecule has 0 spiro atoms. The van der Waals surface area contributed by atoms with Crippen molar-refractivity contribution in [3.63, 3.8) is 0 Å². The van der Waals surface area contributed by atoms with Crippen molar-refractivity contribution in [1.82, 2.24) is 0 Å². The van der Waals surface area contributed by atoms with Crippen molar-refractivity contribution < 1.29 is 0 Å². The van der Waals surface area contributed by atoms with Crippen LogP contribution in [0.3, 0.4) is 0 Å². The quantitative estimate of drug-likeness (QED) is 0.122. The molecule has 0 saturated carbocycles. The highest BCUT2D eigenvalue weighted by molar-refractivity contribution is 5.83. The Bertz CT molecular complexity index is 3160. The minimum Gasteiger partial charge on any atom is -0.333 e. The van der Waals surface area contributed by atoms with Gasteiger partial charge < -0.3 is 14.7 Å². The first-order valence-electron chi connectivity index (χ1n) is 24.4. The van der Waals surface area contributed by atoms with E-state index in [2.05, 4.69) is 259 Å². The first-order valence-corrected chi connectivity index (χ1v) is 24.4. The van der Waals surface area contributed by atoms with E-state index < -0.39 is 0 Å². The summed E-state index contributed by atoms with van der Waals surface area (Å²) in [6.07, 6.45) is 49.0. The van der Waals surface area contributed by atoms with Gasteiger partial charge in [0.2, 0.25) is 0 Å². The molecule has 11 rings (SSSR count). The summed E-state index contributed by atoms with van der Waals surface area (Å²) in [4.78, 5) is 7.17. The third-order valence-electron chi connectivity index (χ3n) is 14.5. The molecular formula is C66H57N3. The average molecular weight is 892 g/mol. The van der Waals surface area contributed by atoms with Gasteiger partial charge >= 0.3 is 0 Å². The molecule has 0 radical (unpaired) electrons. The lowest BCUT2D eigenvalue weighted by Gasteiger charge is -2.31. The van der Waals surface area contributed by atoms with Gasteiger partial charge in [-0.15, -0.1) is 0 Å². The Morgan fingerprint density at radius 3 is 2.03 bits per heavy atom. The number of para-hydroxylation sites is 3. The largest absolute Gasteiger partial charge is 0.333 e. The number of fused-ring (bicyclic) bond motifs is 7. The average Bonchev–Trinajstić information content (AvgIpc) is 3.94. The molecule has 3 heteroatoms. The molecule has 0 saturated heterocycles. The van der Waals surface area contributed by atoms with Gasteiger partial charge in [-0.2, -0.15) is 0 Å². The number of allylic oxidation sites excluding steroid dienone is 17. The highest BCUT2D eigenvalue weighted by atomic mass is 15.2. The molecule has 69 heavy (non-hydrogen) atoms. The highest BCUT2D eigenvalue weighted by Crippen LogP contribution is 2.51. The molecule has 5 aromatic rings. The van der Waals surface area contributed by atoms with E-state index in [-0.39, 0.29) is 23.9 Å². The van der Waals surface area contributed by atoms with Gasteiger partial charge in [-0.1, -0.05) is 202 Å². The molecule has 0 aromatic heterocycles. The number of hydrogen-bond acceptors (Lipinski definition) is 3.